The molecule has 1 amide bonds. The lowest BCUT2D eigenvalue weighted by Crippen LogP contribution is -2.34. The molecule has 34 heavy (non-hydrogen) atoms. The van der Waals surface area contributed by atoms with Crippen LogP contribution in [0.2, 0.25) is 0 Å². The Labute approximate surface area is 188 Å². The third kappa shape index (κ3) is 5.71. The van der Waals surface area contributed by atoms with E-state index in [0.717, 1.165) is 41.1 Å². The van der Waals surface area contributed by atoms with Crippen LogP contribution in [-0.2, 0) is 12.4 Å². The minimum atomic E-state index is -4.62. The van der Waals surface area contributed by atoms with Gasteiger partial charge in [0.15, 0.2) is 5.69 Å². The van der Waals surface area contributed by atoms with Crippen LogP contribution in [0, 0.1) is 6.92 Å². The molecule has 0 aliphatic heterocycles. The summed E-state index contributed by atoms with van der Waals surface area (Å²) in [5.41, 5.74) is -3.09. The molecular formula is C21H17F6N5O2. The van der Waals surface area contributed by atoms with E-state index in [9.17, 15) is 35.9 Å². The highest BCUT2D eigenvalue weighted by Crippen LogP contribution is 2.33. The van der Waals surface area contributed by atoms with Crippen molar-refractivity contribution >= 4 is 11.7 Å². The second kappa shape index (κ2) is 9.53. The van der Waals surface area contributed by atoms with E-state index in [1.165, 1.54) is 19.2 Å². The van der Waals surface area contributed by atoms with E-state index < -0.39 is 46.3 Å². The van der Waals surface area contributed by atoms with Crippen LogP contribution in [0.15, 0.2) is 53.5 Å². The molecule has 0 aliphatic rings. The molecule has 0 radical (unpaired) electrons. The number of alkyl halides is 6. The summed E-state index contributed by atoms with van der Waals surface area (Å²) < 4.78 is 79.1. The molecular weight excluding hydrogens is 468 g/mol. The van der Waals surface area contributed by atoms with Crippen molar-refractivity contribution in [2.45, 2.75) is 19.3 Å². The monoisotopic (exact) mass is 485 g/mol. The molecule has 0 unspecified atom stereocenters. The number of benzene rings is 1. The highest BCUT2D eigenvalue weighted by molar-refractivity contribution is 5.92. The van der Waals surface area contributed by atoms with E-state index in [1.54, 1.807) is 0 Å². The number of nitrogens with zero attached hydrogens (tertiary/aromatic N) is 3. The van der Waals surface area contributed by atoms with Crippen molar-refractivity contribution in [3.05, 3.63) is 81.4 Å². The molecule has 0 fully saturated rings. The molecule has 1 aromatic carbocycles. The SMILES string of the molecule is Cc1cc(=O)c(C(=O)NCCNc2ncccc2C(F)(F)F)nn1-c1cccc(C(F)(F)F)c1. The number of nitrogens with one attached hydrogen (secondary N) is 2. The fourth-order valence-electron chi connectivity index (χ4n) is 3.00. The fourth-order valence-corrected chi connectivity index (χ4v) is 3.00. The Balaban J connectivity index is 1.74. The normalized spacial score (nSPS) is 11.9. The van der Waals surface area contributed by atoms with Gasteiger partial charge in [0, 0.05) is 31.0 Å². The highest BCUT2D eigenvalue weighted by atomic mass is 19.4. The van der Waals surface area contributed by atoms with Crippen molar-refractivity contribution in [3.63, 3.8) is 0 Å². The van der Waals surface area contributed by atoms with Gasteiger partial charge in [0.1, 0.15) is 5.82 Å². The van der Waals surface area contributed by atoms with Crippen molar-refractivity contribution in [3.8, 4) is 5.69 Å². The van der Waals surface area contributed by atoms with Gasteiger partial charge in [-0.2, -0.15) is 31.4 Å². The lowest BCUT2D eigenvalue weighted by Gasteiger charge is -2.14. The number of carbonyl (C=O) groups is 1. The van der Waals surface area contributed by atoms with E-state index in [2.05, 4.69) is 20.7 Å². The third-order valence-electron chi connectivity index (χ3n) is 4.56. The summed E-state index contributed by atoms with van der Waals surface area (Å²) in [4.78, 5) is 28.3. The summed E-state index contributed by atoms with van der Waals surface area (Å²) in [5, 5.41) is 8.68. The maximum atomic E-state index is 13.0. The number of rotatable bonds is 6. The molecule has 13 heteroatoms. The van der Waals surface area contributed by atoms with Crippen molar-refractivity contribution in [2.24, 2.45) is 0 Å². The van der Waals surface area contributed by atoms with Crippen LogP contribution in [0.25, 0.3) is 5.69 Å². The summed E-state index contributed by atoms with van der Waals surface area (Å²) in [7, 11) is 0. The number of aromatic nitrogens is 3. The Morgan fingerprint density at radius 2 is 1.74 bits per heavy atom. The summed E-state index contributed by atoms with van der Waals surface area (Å²) in [6.45, 7) is 1.09. The van der Waals surface area contributed by atoms with Crippen molar-refractivity contribution in [2.75, 3.05) is 18.4 Å². The average Bonchev–Trinajstić information content (AvgIpc) is 2.76. The first-order valence-electron chi connectivity index (χ1n) is 9.71. The van der Waals surface area contributed by atoms with Gasteiger partial charge in [0.05, 0.1) is 16.8 Å². The van der Waals surface area contributed by atoms with Crippen LogP contribution in [0.4, 0.5) is 32.2 Å². The van der Waals surface area contributed by atoms with Gasteiger partial charge in [-0.25, -0.2) is 9.67 Å². The lowest BCUT2D eigenvalue weighted by molar-refractivity contribution is -0.138. The topological polar surface area (TPSA) is 88.9 Å². The zero-order chi connectivity index (χ0) is 25.1. The van der Waals surface area contributed by atoms with Gasteiger partial charge >= 0.3 is 12.4 Å². The van der Waals surface area contributed by atoms with Gasteiger partial charge < -0.3 is 10.6 Å². The Kier molecular flexibility index (Phi) is 6.93. The van der Waals surface area contributed by atoms with E-state index in [-0.39, 0.29) is 24.5 Å². The molecule has 2 N–H and O–H groups in total. The molecule has 3 rings (SSSR count). The van der Waals surface area contributed by atoms with E-state index in [4.69, 9.17) is 0 Å². The molecule has 0 saturated heterocycles. The largest absolute Gasteiger partial charge is 0.419 e. The smallest absolute Gasteiger partial charge is 0.368 e. The Morgan fingerprint density at radius 3 is 2.41 bits per heavy atom. The van der Waals surface area contributed by atoms with Gasteiger partial charge in [0.2, 0.25) is 5.43 Å². The molecule has 0 atom stereocenters. The van der Waals surface area contributed by atoms with Crippen molar-refractivity contribution in [1.29, 1.82) is 0 Å². The molecule has 0 spiro atoms. The summed E-state index contributed by atoms with van der Waals surface area (Å²) >= 11 is 0. The first-order chi connectivity index (χ1) is 15.9. The average molecular weight is 485 g/mol. The number of pyridine rings is 1. The molecule has 0 bridgehead atoms. The number of anilines is 1. The molecule has 180 valence electrons. The molecule has 2 heterocycles. The summed E-state index contributed by atoms with van der Waals surface area (Å²) in [5.74, 6) is -1.37. The van der Waals surface area contributed by atoms with Crippen LogP contribution < -0.4 is 16.1 Å². The quantitative estimate of drug-likeness (QED) is 0.410. The van der Waals surface area contributed by atoms with Gasteiger partial charge in [-0.05, 0) is 37.3 Å². The Bertz CT molecular complexity index is 1250. The van der Waals surface area contributed by atoms with Crippen molar-refractivity contribution in [1.82, 2.24) is 20.1 Å². The Hall–Kier alpha value is -3.90. The minimum absolute atomic E-state index is 0.0159. The van der Waals surface area contributed by atoms with Gasteiger partial charge in [0.25, 0.3) is 5.91 Å². The second-order valence-electron chi connectivity index (χ2n) is 7.04. The number of carbonyl (C=O) groups excluding carboxylic acids is 1. The number of amides is 1. The Morgan fingerprint density at radius 1 is 1.00 bits per heavy atom. The van der Waals surface area contributed by atoms with Gasteiger partial charge in [-0.15, -0.1) is 0 Å². The second-order valence-corrected chi connectivity index (χ2v) is 7.04. The summed E-state index contributed by atoms with van der Waals surface area (Å²) in [6, 6.07) is 7.21. The van der Waals surface area contributed by atoms with E-state index in [1.807, 2.05) is 0 Å². The standard InChI is InChI=1S/C21H17F6N5O2/c1-12-10-16(33)17(31-32(12)14-5-2-4-13(11-14)20(22,23)24)19(34)30-9-8-29-18-15(21(25,26)27)6-3-7-28-18/h2-7,10-11H,8-9H2,1H3,(H,28,29)(H,30,34). The van der Waals surface area contributed by atoms with Gasteiger partial charge in [-0.1, -0.05) is 6.07 Å². The zero-order valence-electron chi connectivity index (χ0n) is 17.5. The third-order valence-corrected chi connectivity index (χ3v) is 4.56. The lowest BCUT2D eigenvalue weighted by atomic mass is 10.2. The first-order valence-corrected chi connectivity index (χ1v) is 9.71. The van der Waals surface area contributed by atoms with E-state index >= 15 is 0 Å². The number of hydrogen-bond donors (Lipinski definition) is 2. The number of hydrogen-bond acceptors (Lipinski definition) is 5. The van der Waals surface area contributed by atoms with Crippen molar-refractivity contribution < 1.29 is 31.1 Å². The predicted octanol–water partition coefficient (Wildman–Crippen LogP) is 3.82. The highest BCUT2D eigenvalue weighted by Gasteiger charge is 2.34. The summed E-state index contributed by atoms with van der Waals surface area (Å²) in [6.07, 6.45) is -8.06. The minimum Gasteiger partial charge on any atom is -0.368 e. The van der Waals surface area contributed by atoms with Crippen LogP contribution in [0.1, 0.15) is 27.3 Å². The molecule has 7 nitrogen and oxygen atoms in total. The molecule has 2 aromatic heterocycles. The van der Waals surface area contributed by atoms with E-state index in [0.29, 0.717) is 0 Å². The molecule has 3 aromatic rings. The van der Waals surface area contributed by atoms with Crippen LogP contribution in [-0.4, -0.2) is 33.8 Å². The molecule has 0 aliphatic carbocycles. The zero-order valence-corrected chi connectivity index (χ0v) is 17.5. The first kappa shape index (κ1) is 24.7. The van der Waals surface area contributed by atoms with Crippen LogP contribution in [0.3, 0.4) is 0 Å². The van der Waals surface area contributed by atoms with Crippen LogP contribution in [0.5, 0.6) is 0 Å². The predicted molar refractivity (Wildman–Crippen MR) is 110 cm³/mol. The maximum Gasteiger partial charge on any atom is 0.419 e. The maximum absolute atomic E-state index is 13.0. The molecule has 0 saturated carbocycles. The van der Waals surface area contributed by atoms with Gasteiger partial charge in [-0.3, -0.25) is 9.59 Å². The van der Waals surface area contributed by atoms with Crippen LogP contribution >= 0.6 is 0 Å². The fraction of sp³-hybridized carbons (Fsp3) is 0.238. The number of aryl methyl sites for hydroxylation is 1. The number of halogens is 6.